The smallest absolute Gasteiger partial charge is 0.171 e. The Hall–Kier alpha value is -1.26. The number of aryl methyl sites for hydroxylation is 1. The fourth-order valence-electron chi connectivity index (χ4n) is 2.08. The summed E-state index contributed by atoms with van der Waals surface area (Å²) in [5, 5.41) is 0. The maximum Gasteiger partial charge on any atom is 0.171 e. The molecule has 0 aliphatic rings. The summed E-state index contributed by atoms with van der Waals surface area (Å²) >= 11 is 9.37. The molecule has 0 saturated heterocycles. The second-order valence-corrected chi connectivity index (χ2v) is 5.75. The third-order valence-electron chi connectivity index (χ3n) is 3.10. The van der Waals surface area contributed by atoms with E-state index in [9.17, 15) is 4.39 Å². The Bertz CT molecular complexity index is 646. The molecular weight excluding hydrogens is 359 g/mol. The van der Waals surface area contributed by atoms with Gasteiger partial charge in [0, 0.05) is 15.6 Å². The molecule has 2 nitrogen and oxygen atoms in total. The lowest BCUT2D eigenvalue weighted by atomic mass is 10.1. The summed E-state index contributed by atoms with van der Waals surface area (Å²) in [6.45, 7) is 2.05. The zero-order chi connectivity index (χ0) is 15.4. The molecule has 0 radical (unpaired) electrons. The highest BCUT2D eigenvalue weighted by molar-refractivity contribution is 9.10. The minimum atomic E-state index is -0.401. The lowest BCUT2D eigenvalue weighted by Crippen LogP contribution is -2.03. The van der Waals surface area contributed by atoms with E-state index in [1.165, 1.54) is 7.11 Å². The number of hydrogen-bond acceptors (Lipinski definition) is 2. The molecule has 0 bridgehead atoms. The number of benzene rings is 2. The molecule has 21 heavy (non-hydrogen) atoms. The van der Waals surface area contributed by atoms with Crippen LogP contribution in [0.15, 0.2) is 34.8 Å². The topological polar surface area (TPSA) is 18.5 Å². The summed E-state index contributed by atoms with van der Waals surface area (Å²) in [5.41, 5.74) is 2.26. The molecule has 0 saturated carbocycles. The van der Waals surface area contributed by atoms with Crippen LogP contribution in [0.3, 0.4) is 0 Å². The van der Waals surface area contributed by atoms with Gasteiger partial charge in [0.15, 0.2) is 11.6 Å². The number of hydrogen-bond donors (Lipinski definition) is 0. The van der Waals surface area contributed by atoms with E-state index in [2.05, 4.69) is 15.9 Å². The van der Waals surface area contributed by atoms with Crippen LogP contribution in [0.1, 0.15) is 16.7 Å². The summed E-state index contributed by atoms with van der Waals surface area (Å²) in [4.78, 5) is 0. The molecule has 0 spiro atoms. The number of methoxy groups -OCH3 is 1. The van der Waals surface area contributed by atoms with Gasteiger partial charge in [0.1, 0.15) is 12.4 Å². The Kier molecular flexibility index (Phi) is 5.48. The summed E-state index contributed by atoms with van der Waals surface area (Å²) < 4.78 is 25.8. The van der Waals surface area contributed by atoms with Gasteiger partial charge in [-0.15, -0.1) is 11.6 Å². The average Bonchev–Trinajstić information content (AvgIpc) is 2.47. The Labute approximate surface area is 137 Å². The van der Waals surface area contributed by atoms with Crippen LogP contribution in [-0.4, -0.2) is 7.11 Å². The van der Waals surface area contributed by atoms with Gasteiger partial charge >= 0.3 is 0 Å². The minimum absolute atomic E-state index is 0.120. The highest BCUT2D eigenvalue weighted by Crippen LogP contribution is 2.30. The number of halogens is 3. The van der Waals surface area contributed by atoms with Crippen LogP contribution < -0.4 is 9.47 Å². The summed E-state index contributed by atoms with van der Waals surface area (Å²) in [6.07, 6.45) is 0. The third kappa shape index (κ3) is 3.69. The largest absolute Gasteiger partial charge is 0.494 e. The molecule has 0 aromatic heterocycles. The second kappa shape index (κ2) is 7.14. The SMILES string of the molecule is COc1cccc(COc2c(C)cc(Br)cc2CCl)c1F. The average molecular weight is 374 g/mol. The van der Waals surface area contributed by atoms with Crippen LogP contribution in [0.4, 0.5) is 4.39 Å². The standard InChI is InChI=1S/C16H15BrClFO2/c1-10-6-13(17)7-12(8-18)16(10)21-9-11-4-3-5-14(20-2)15(11)19/h3-7H,8-9H2,1-2H3. The maximum atomic E-state index is 14.1. The number of alkyl halides is 1. The number of rotatable bonds is 5. The first-order valence-corrected chi connectivity index (χ1v) is 7.68. The maximum absolute atomic E-state index is 14.1. The monoisotopic (exact) mass is 372 g/mol. The van der Waals surface area contributed by atoms with Crippen molar-refractivity contribution < 1.29 is 13.9 Å². The molecule has 0 fully saturated rings. The molecule has 0 heterocycles. The van der Waals surface area contributed by atoms with Crippen molar-refractivity contribution in [3.05, 3.63) is 57.3 Å². The van der Waals surface area contributed by atoms with E-state index >= 15 is 0 Å². The molecule has 0 unspecified atom stereocenters. The predicted molar refractivity (Wildman–Crippen MR) is 85.7 cm³/mol. The van der Waals surface area contributed by atoms with Gasteiger partial charge in [0.25, 0.3) is 0 Å². The van der Waals surface area contributed by atoms with Crippen molar-refractivity contribution in [2.24, 2.45) is 0 Å². The molecule has 2 rings (SSSR count). The molecular formula is C16H15BrClFO2. The molecule has 112 valence electrons. The van der Waals surface area contributed by atoms with Gasteiger partial charge in [-0.05, 0) is 30.7 Å². The van der Waals surface area contributed by atoms with Crippen molar-refractivity contribution in [2.75, 3.05) is 7.11 Å². The lowest BCUT2D eigenvalue weighted by molar-refractivity contribution is 0.291. The van der Waals surface area contributed by atoms with Crippen molar-refractivity contribution in [1.29, 1.82) is 0 Å². The summed E-state index contributed by atoms with van der Waals surface area (Å²) in [6, 6.07) is 8.82. The van der Waals surface area contributed by atoms with Crippen molar-refractivity contribution in [2.45, 2.75) is 19.4 Å². The summed E-state index contributed by atoms with van der Waals surface area (Å²) in [5.74, 6) is 0.828. The first-order valence-electron chi connectivity index (χ1n) is 6.36. The minimum Gasteiger partial charge on any atom is -0.494 e. The van der Waals surface area contributed by atoms with Crippen LogP contribution in [0.2, 0.25) is 0 Å². The van der Waals surface area contributed by atoms with E-state index in [1.54, 1.807) is 18.2 Å². The molecule has 0 N–H and O–H groups in total. The van der Waals surface area contributed by atoms with E-state index in [4.69, 9.17) is 21.1 Å². The van der Waals surface area contributed by atoms with E-state index in [-0.39, 0.29) is 12.4 Å². The lowest BCUT2D eigenvalue weighted by Gasteiger charge is -2.14. The number of ether oxygens (including phenoxy) is 2. The fourth-order valence-corrected chi connectivity index (χ4v) is 2.90. The normalized spacial score (nSPS) is 10.5. The van der Waals surface area contributed by atoms with E-state index in [0.717, 1.165) is 15.6 Å². The highest BCUT2D eigenvalue weighted by atomic mass is 79.9. The quantitative estimate of drug-likeness (QED) is 0.669. The molecule has 0 aliphatic heterocycles. The molecule has 0 amide bonds. The van der Waals surface area contributed by atoms with Gasteiger partial charge in [-0.2, -0.15) is 0 Å². The van der Waals surface area contributed by atoms with Gasteiger partial charge in [0.2, 0.25) is 0 Å². The Morgan fingerprint density at radius 2 is 2.00 bits per heavy atom. The predicted octanol–water partition coefficient (Wildman–Crippen LogP) is 5.22. The van der Waals surface area contributed by atoms with Crippen LogP contribution in [0.25, 0.3) is 0 Å². The van der Waals surface area contributed by atoms with Crippen LogP contribution >= 0.6 is 27.5 Å². The van der Waals surface area contributed by atoms with Crippen LogP contribution in [0.5, 0.6) is 11.5 Å². The molecule has 2 aromatic carbocycles. The summed E-state index contributed by atoms with van der Waals surface area (Å²) in [7, 11) is 1.44. The van der Waals surface area contributed by atoms with Gasteiger partial charge in [0.05, 0.1) is 13.0 Å². The van der Waals surface area contributed by atoms with Crippen molar-refractivity contribution in [3.63, 3.8) is 0 Å². The Morgan fingerprint density at radius 3 is 2.67 bits per heavy atom. The van der Waals surface area contributed by atoms with E-state index < -0.39 is 5.82 Å². The van der Waals surface area contributed by atoms with Crippen molar-refractivity contribution in [3.8, 4) is 11.5 Å². The molecule has 5 heteroatoms. The van der Waals surface area contributed by atoms with Crippen molar-refractivity contribution in [1.82, 2.24) is 0 Å². The van der Waals surface area contributed by atoms with Gasteiger partial charge in [-0.3, -0.25) is 0 Å². The first-order chi connectivity index (χ1) is 10.1. The van der Waals surface area contributed by atoms with E-state index in [1.807, 2.05) is 19.1 Å². The zero-order valence-corrected chi connectivity index (χ0v) is 14.1. The Morgan fingerprint density at radius 1 is 1.24 bits per heavy atom. The molecule has 2 aromatic rings. The first kappa shape index (κ1) is 16.1. The van der Waals surface area contributed by atoms with Gasteiger partial charge < -0.3 is 9.47 Å². The Balaban J connectivity index is 2.25. The fraction of sp³-hybridized carbons (Fsp3) is 0.250. The van der Waals surface area contributed by atoms with Crippen molar-refractivity contribution >= 4 is 27.5 Å². The highest BCUT2D eigenvalue weighted by Gasteiger charge is 2.12. The van der Waals surface area contributed by atoms with Gasteiger partial charge in [-0.25, -0.2) is 4.39 Å². The molecule has 0 aliphatic carbocycles. The molecule has 0 atom stereocenters. The third-order valence-corrected chi connectivity index (χ3v) is 3.84. The second-order valence-electron chi connectivity index (χ2n) is 4.57. The zero-order valence-electron chi connectivity index (χ0n) is 11.8. The van der Waals surface area contributed by atoms with E-state index in [0.29, 0.717) is 17.2 Å². The van der Waals surface area contributed by atoms with Gasteiger partial charge in [-0.1, -0.05) is 28.1 Å². The van der Waals surface area contributed by atoms with Crippen LogP contribution in [0, 0.1) is 12.7 Å². The van der Waals surface area contributed by atoms with Crippen LogP contribution in [-0.2, 0) is 12.5 Å².